The van der Waals surface area contributed by atoms with E-state index in [1.54, 1.807) is 0 Å². The number of hydrogen-bond acceptors (Lipinski definition) is 28. The first kappa shape index (κ1) is 99.9. The predicted molar refractivity (Wildman–Crippen MR) is 411 cm³/mol. The van der Waals surface area contributed by atoms with Gasteiger partial charge >= 0.3 is 65.7 Å². The van der Waals surface area contributed by atoms with Crippen molar-refractivity contribution >= 4 is 65.7 Å². The van der Waals surface area contributed by atoms with Gasteiger partial charge in [-0.2, -0.15) is 0 Å². The summed E-state index contributed by atoms with van der Waals surface area (Å²) in [5, 5.41) is 40.2. The molecule has 7 saturated carbocycles. The molecule has 0 radical (unpaired) electrons. The highest BCUT2D eigenvalue weighted by Crippen LogP contribution is 2.62. The number of aliphatic hydroxyl groups excluding tert-OH is 4. The van der Waals surface area contributed by atoms with Crippen LogP contribution in [0.3, 0.4) is 0 Å². The standard InChI is InChI=1S/C26H38O10.C20H28O8.C18H24O4.C17H26O6.3CH4/c1-3-23(29)35-21-11-9-17(13-19(21)27)15-33-25(31)7-5-6-8-26(32)34-16-18-10-12-22(20(28)14-18)36-24(30)4-2;1-3-18(23)27-16-9-12(5-7-14(16)21)11-26-20(25)13-6-8-15(22)17(10-13)28-19(24)4-2;1-3-17(19)21-9-11-5-14-12-7-13(10-22-18(20)4-2)15(8-12)16(14)6-11;1-6-13(18)20-9-16(4,5)15-22-11-17(8-3,12-23-15)10-21-14(19)7-2;;;/h3-4,17-22,27-28H,1-2,5-16H2;3-4,12-17,21-22H,1-2,5-11H2;3-4,11-16H,1-2,5-10H2;6-7,15H,1-2,8-12H2,3-5H3;3*1H4. The summed E-state index contributed by atoms with van der Waals surface area (Å²) in [5.74, 6) is -1.64. The van der Waals surface area contributed by atoms with Crippen molar-refractivity contribution in [3.05, 3.63) is 101 Å². The number of ether oxygens (including phenoxy) is 13. The van der Waals surface area contributed by atoms with Gasteiger partial charge in [-0.1, -0.05) is 95.7 Å². The molecule has 112 heavy (non-hydrogen) atoms. The number of aliphatic hydroxyl groups is 4. The Labute approximate surface area is 661 Å². The van der Waals surface area contributed by atoms with E-state index >= 15 is 0 Å². The maximum atomic E-state index is 12.4. The predicted octanol–water partition coefficient (Wildman–Crippen LogP) is 10.1. The largest absolute Gasteiger partial charge is 0.465 e. The maximum absolute atomic E-state index is 12.4. The number of fused-ring (bicyclic) bond motifs is 5. The van der Waals surface area contributed by atoms with Gasteiger partial charge in [0.25, 0.3) is 0 Å². The average Bonchev–Trinajstić information content (AvgIpc) is 1.59. The molecule has 0 aromatic heterocycles. The van der Waals surface area contributed by atoms with Gasteiger partial charge in [0.05, 0.1) is 82.0 Å². The van der Waals surface area contributed by atoms with Crippen molar-refractivity contribution in [3.8, 4) is 0 Å². The second-order valence-electron chi connectivity index (χ2n) is 30.1. The van der Waals surface area contributed by atoms with Crippen molar-refractivity contribution in [2.45, 2.75) is 233 Å². The highest BCUT2D eigenvalue weighted by atomic mass is 16.7. The van der Waals surface area contributed by atoms with Crippen LogP contribution in [0.4, 0.5) is 0 Å². The van der Waals surface area contributed by atoms with E-state index in [1.165, 1.54) is 31.4 Å². The second-order valence-corrected chi connectivity index (χ2v) is 30.1. The smallest absolute Gasteiger partial charge is 0.330 e. The van der Waals surface area contributed by atoms with Gasteiger partial charge < -0.3 is 82.0 Å². The van der Waals surface area contributed by atoms with E-state index in [2.05, 4.69) is 52.6 Å². The SMILES string of the molecule is C.C.C.C=CC(=O)OC1CC(COC(=O)C2CCC(O)C(OC(=O)C=C)C2)CCC1O.C=CC(=O)OC1CCC(COC(=O)CCCCC(=O)OCC2CCC(OC(=O)C=C)C(O)C2)CC1O.C=CC(=O)OCC1(CC)COC(C(C)(C)COC(=O)C=C)OC1.C=CC(=O)OCC1CC2C3CC(COC(=O)C=C)C(C3)C2C1. The monoisotopic (exact) mass is 1580 g/mol. The fraction of sp³-hybridized carbons (Fsp3) is 0.679. The first-order valence-corrected chi connectivity index (χ1v) is 37.9. The summed E-state index contributed by atoms with van der Waals surface area (Å²) < 4.78 is 68.8. The summed E-state index contributed by atoms with van der Waals surface area (Å²) >= 11 is 0. The lowest BCUT2D eigenvalue weighted by atomic mass is 9.76. The van der Waals surface area contributed by atoms with Crippen molar-refractivity contribution in [1.82, 2.24) is 0 Å². The van der Waals surface area contributed by atoms with Gasteiger partial charge in [-0.3, -0.25) is 14.4 Å². The fourth-order valence-corrected chi connectivity index (χ4v) is 15.4. The van der Waals surface area contributed by atoms with E-state index in [9.17, 15) is 73.2 Å². The van der Waals surface area contributed by atoms with Crippen LogP contribution in [0.15, 0.2) is 101 Å². The molecule has 8 aliphatic rings. The lowest BCUT2D eigenvalue weighted by Gasteiger charge is -2.43. The number of unbranched alkanes of at least 4 members (excludes halogenated alkanes) is 1. The van der Waals surface area contributed by atoms with Crippen molar-refractivity contribution < 1.29 is 135 Å². The molecule has 8 fully saturated rings. The number of hydrogen-bond donors (Lipinski definition) is 4. The van der Waals surface area contributed by atoms with Crippen LogP contribution in [-0.4, -0.2) is 201 Å². The van der Waals surface area contributed by atoms with Crippen LogP contribution in [0, 0.1) is 70.0 Å². The molecule has 0 aromatic rings. The third kappa shape index (κ3) is 33.1. The molecule has 4 N–H and O–H groups in total. The van der Waals surface area contributed by atoms with Gasteiger partial charge in [0, 0.05) is 73.3 Å². The maximum Gasteiger partial charge on any atom is 0.330 e. The number of esters is 11. The number of carbonyl (C=O) groups excluding carboxylic acids is 11. The molecule has 0 spiro atoms. The molecule has 1 heterocycles. The zero-order chi connectivity index (χ0) is 80.4. The van der Waals surface area contributed by atoms with E-state index in [0.717, 1.165) is 67.1 Å². The molecule has 8 rings (SSSR count). The summed E-state index contributed by atoms with van der Waals surface area (Å²) in [6.45, 7) is 35.5. The molecule has 1 aliphatic heterocycles. The molecule has 2 bridgehead atoms. The Morgan fingerprint density at radius 3 is 1.28 bits per heavy atom. The Morgan fingerprint density at radius 2 is 0.804 bits per heavy atom. The number of carbonyl (C=O) groups is 11. The summed E-state index contributed by atoms with van der Waals surface area (Å²) in [5.41, 5.74) is -0.876. The third-order valence-electron chi connectivity index (χ3n) is 21.7. The quantitative estimate of drug-likeness (QED) is 0.0201. The molecular weight excluding hydrogens is 1460 g/mol. The molecule has 18 unspecified atom stereocenters. The van der Waals surface area contributed by atoms with Crippen LogP contribution in [0.1, 0.15) is 178 Å². The zero-order valence-electron chi connectivity index (χ0n) is 63.5. The molecule has 28 heteroatoms. The molecule has 0 aromatic carbocycles. The molecule has 7 aliphatic carbocycles. The zero-order valence-corrected chi connectivity index (χ0v) is 63.5. The van der Waals surface area contributed by atoms with Gasteiger partial charge in [-0.05, 0) is 169 Å². The summed E-state index contributed by atoms with van der Waals surface area (Å²) in [7, 11) is 0. The minimum Gasteiger partial charge on any atom is -0.465 e. The van der Waals surface area contributed by atoms with E-state index in [1.807, 2.05) is 20.8 Å². The Hall–Kier alpha value is -8.15. The van der Waals surface area contributed by atoms with Crippen LogP contribution in [0.25, 0.3) is 0 Å². The highest BCUT2D eigenvalue weighted by molar-refractivity contribution is 5.84. The van der Waals surface area contributed by atoms with Crippen LogP contribution in [0.5, 0.6) is 0 Å². The summed E-state index contributed by atoms with van der Waals surface area (Å²) in [6, 6.07) is 0. The minimum absolute atomic E-state index is 0. The van der Waals surface area contributed by atoms with Crippen LogP contribution < -0.4 is 0 Å². The Bertz CT molecular complexity index is 3050. The van der Waals surface area contributed by atoms with Gasteiger partial charge in [0.2, 0.25) is 0 Å². The van der Waals surface area contributed by atoms with Crippen LogP contribution in [-0.2, 0) is 114 Å². The van der Waals surface area contributed by atoms with E-state index in [-0.39, 0.29) is 122 Å². The van der Waals surface area contributed by atoms with Gasteiger partial charge in [0.1, 0.15) is 37.6 Å². The number of rotatable bonds is 34. The van der Waals surface area contributed by atoms with E-state index < -0.39 is 108 Å². The van der Waals surface area contributed by atoms with Crippen molar-refractivity contribution in [2.75, 3.05) is 59.5 Å². The van der Waals surface area contributed by atoms with Crippen molar-refractivity contribution in [3.63, 3.8) is 0 Å². The molecule has 632 valence electrons. The third-order valence-corrected chi connectivity index (χ3v) is 21.7. The lowest BCUT2D eigenvalue weighted by Crippen LogP contribution is -2.50. The summed E-state index contributed by atoms with van der Waals surface area (Å²) in [6.07, 6.45) is 15.1. The van der Waals surface area contributed by atoms with Crippen LogP contribution in [0.2, 0.25) is 0 Å². The topological polar surface area (TPSA) is 389 Å². The Balaban J connectivity index is 0.000000511. The summed E-state index contributed by atoms with van der Waals surface area (Å²) in [4.78, 5) is 127. The lowest BCUT2D eigenvalue weighted by molar-refractivity contribution is -0.280. The van der Waals surface area contributed by atoms with Gasteiger partial charge in [0.15, 0.2) is 6.29 Å². The molecule has 1 saturated heterocycles. The minimum atomic E-state index is -0.812. The van der Waals surface area contributed by atoms with Gasteiger partial charge in [-0.25, -0.2) is 38.4 Å². The van der Waals surface area contributed by atoms with Crippen molar-refractivity contribution in [1.29, 1.82) is 0 Å². The van der Waals surface area contributed by atoms with Gasteiger partial charge in [-0.15, -0.1) is 0 Å². The molecular formula is C84H128O28. The van der Waals surface area contributed by atoms with E-state index in [4.69, 9.17) is 61.6 Å². The average molecular weight is 1590 g/mol. The van der Waals surface area contributed by atoms with Crippen molar-refractivity contribution in [2.24, 2.45) is 70.0 Å². The first-order valence-electron chi connectivity index (χ1n) is 37.9. The Kier molecular flexibility index (Phi) is 45.4. The van der Waals surface area contributed by atoms with E-state index in [0.29, 0.717) is 128 Å². The second kappa shape index (κ2) is 50.8. The Morgan fingerprint density at radius 1 is 0.402 bits per heavy atom. The first-order chi connectivity index (χ1) is 51.9. The van der Waals surface area contributed by atoms with Crippen LogP contribution >= 0.6 is 0 Å². The fourth-order valence-electron chi connectivity index (χ4n) is 15.4. The highest BCUT2D eigenvalue weighted by Gasteiger charge is 2.56. The molecule has 28 nitrogen and oxygen atoms in total. The normalized spacial score (nSPS) is 29.7. The molecule has 18 atom stereocenters. The molecule has 0 amide bonds.